The van der Waals surface area contributed by atoms with Gasteiger partial charge in [0.05, 0.1) is 0 Å². The second kappa shape index (κ2) is 7.04. The first-order chi connectivity index (χ1) is 9.15. The summed E-state index contributed by atoms with van der Waals surface area (Å²) in [7, 11) is 0. The fraction of sp³-hybridized carbons (Fsp3) is 0.600. The molecule has 1 aromatic rings. The summed E-state index contributed by atoms with van der Waals surface area (Å²) in [6.45, 7) is 1.95. The Morgan fingerprint density at radius 1 is 1.42 bits per heavy atom. The Kier molecular flexibility index (Phi) is 5.37. The summed E-state index contributed by atoms with van der Waals surface area (Å²) in [5, 5.41) is 2.91. The molecule has 0 bridgehead atoms. The number of aromatic nitrogens is 1. The first kappa shape index (κ1) is 14.5. The summed E-state index contributed by atoms with van der Waals surface area (Å²) in [6.07, 6.45) is 9.96. The number of aryl methyl sites for hydroxylation is 1. The van der Waals surface area contributed by atoms with Crippen LogP contribution in [0.15, 0.2) is 16.7 Å². The number of amides is 1. The van der Waals surface area contributed by atoms with E-state index < -0.39 is 0 Å². The zero-order chi connectivity index (χ0) is 13.7. The van der Waals surface area contributed by atoms with Gasteiger partial charge >= 0.3 is 0 Å². The first-order valence-corrected chi connectivity index (χ1v) is 7.86. The SMILES string of the molecule is Cc1cc(Br)cnc1NC(=O)CCC1CCCCC1. The Hall–Kier alpha value is -0.900. The Balaban J connectivity index is 1.80. The van der Waals surface area contributed by atoms with Crippen molar-refractivity contribution in [1.82, 2.24) is 4.98 Å². The van der Waals surface area contributed by atoms with Gasteiger partial charge in [-0.2, -0.15) is 0 Å². The largest absolute Gasteiger partial charge is 0.310 e. The van der Waals surface area contributed by atoms with Crippen molar-refractivity contribution in [3.63, 3.8) is 0 Å². The summed E-state index contributed by atoms with van der Waals surface area (Å²) in [5.41, 5.74) is 0.986. The highest BCUT2D eigenvalue weighted by Gasteiger charge is 2.15. The van der Waals surface area contributed by atoms with E-state index in [0.29, 0.717) is 12.2 Å². The molecule has 1 aromatic heterocycles. The highest BCUT2D eigenvalue weighted by Crippen LogP contribution is 2.27. The number of halogens is 1. The zero-order valence-corrected chi connectivity index (χ0v) is 13.0. The van der Waals surface area contributed by atoms with Crippen molar-refractivity contribution >= 4 is 27.7 Å². The standard InChI is InChI=1S/C15H21BrN2O/c1-11-9-13(16)10-17-15(11)18-14(19)8-7-12-5-3-2-4-6-12/h9-10,12H,2-8H2,1H3,(H,17,18,19). The molecule has 0 spiro atoms. The second-order valence-corrected chi connectivity index (χ2v) is 6.33. The lowest BCUT2D eigenvalue weighted by Crippen LogP contribution is -2.16. The fourth-order valence-corrected chi connectivity index (χ4v) is 3.12. The van der Waals surface area contributed by atoms with Crippen LogP contribution in [0.25, 0.3) is 0 Å². The lowest BCUT2D eigenvalue weighted by atomic mass is 9.86. The Morgan fingerprint density at radius 3 is 2.84 bits per heavy atom. The molecule has 1 N–H and O–H groups in total. The van der Waals surface area contributed by atoms with Crippen molar-refractivity contribution in [1.29, 1.82) is 0 Å². The van der Waals surface area contributed by atoms with Crippen molar-refractivity contribution in [3.8, 4) is 0 Å². The molecular weight excluding hydrogens is 304 g/mol. The van der Waals surface area contributed by atoms with E-state index in [1.165, 1.54) is 32.1 Å². The monoisotopic (exact) mass is 324 g/mol. The zero-order valence-electron chi connectivity index (χ0n) is 11.4. The maximum atomic E-state index is 11.9. The van der Waals surface area contributed by atoms with Crippen LogP contribution in [-0.4, -0.2) is 10.9 Å². The highest BCUT2D eigenvalue weighted by atomic mass is 79.9. The molecule has 0 aliphatic heterocycles. The van der Waals surface area contributed by atoms with Crippen LogP contribution in [0.5, 0.6) is 0 Å². The smallest absolute Gasteiger partial charge is 0.225 e. The third-order valence-electron chi connectivity index (χ3n) is 3.81. The van der Waals surface area contributed by atoms with Crippen LogP contribution in [0.1, 0.15) is 50.5 Å². The third-order valence-corrected chi connectivity index (χ3v) is 4.24. The second-order valence-electron chi connectivity index (χ2n) is 5.41. The van der Waals surface area contributed by atoms with Crippen molar-refractivity contribution < 1.29 is 4.79 Å². The van der Waals surface area contributed by atoms with E-state index in [4.69, 9.17) is 0 Å². The number of hydrogen-bond acceptors (Lipinski definition) is 2. The molecule has 3 nitrogen and oxygen atoms in total. The molecule has 1 fully saturated rings. The molecule has 1 heterocycles. The predicted octanol–water partition coefficient (Wildman–Crippen LogP) is 4.45. The van der Waals surface area contributed by atoms with Gasteiger partial charge in [-0.25, -0.2) is 4.98 Å². The lowest BCUT2D eigenvalue weighted by Gasteiger charge is -2.21. The molecule has 0 saturated heterocycles. The molecule has 4 heteroatoms. The van der Waals surface area contributed by atoms with Crippen molar-refractivity contribution in [2.24, 2.45) is 5.92 Å². The van der Waals surface area contributed by atoms with E-state index in [2.05, 4.69) is 26.2 Å². The maximum absolute atomic E-state index is 11.9. The minimum absolute atomic E-state index is 0.0866. The van der Waals surface area contributed by atoms with E-state index >= 15 is 0 Å². The molecule has 1 saturated carbocycles. The van der Waals surface area contributed by atoms with E-state index in [-0.39, 0.29) is 5.91 Å². The van der Waals surface area contributed by atoms with Crippen LogP contribution in [0, 0.1) is 12.8 Å². The molecule has 2 rings (SSSR count). The summed E-state index contributed by atoms with van der Waals surface area (Å²) in [4.78, 5) is 16.2. The highest BCUT2D eigenvalue weighted by molar-refractivity contribution is 9.10. The molecule has 0 aromatic carbocycles. The van der Waals surface area contributed by atoms with Gasteiger partial charge in [0.1, 0.15) is 5.82 Å². The third kappa shape index (κ3) is 4.60. The Bertz CT molecular complexity index is 442. The molecule has 0 unspecified atom stereocenters. The van der Waals surface area contributed by atoms with Gasteiger partial charge in [0.2, 0.25) is 5.91 Å². The van der Waals surface area contributed by atoms with Gasteiger partial charge in [0, 0.05) is 17.1 Å². The summed E-state index contributed by atoms with van der Waals surface area (Å²) < 4.78 is 0.935. The molecule has 104 valence electrons. The number of nitrogens with zero attached hydrogens (tertiary/aromatic N) is 1. The molecular formula is C15H21BrN2O. The fourth-order valence-electron chi connectivity index (χ4n) is 2.68. The van der Waals surface area contributed by atoms with Gasteiger partial charge in [-0.15, -0.1) is 0 Å². The van der Waals surface area contributed by atoms with Crippen LogP contribution in [-0.2, 0) is 4.79 Å². The van der Waals surface area contributed by atoms with Gasteiger partial charge in [-0.3, -0.25) is 4.79 Å². The van der Waals surface area contributed by atoms with Crippen LogP contribution in [0.2, 0.25) is 0 Å². The normalized spacial score (nSPS) is 16.3. The number of pyridine rings is 1. The van der Waals surface area contributed by atoms with Crippen LogP contribution in [0.3, 0.4) is 0 Å². The topological polar surface area (TPSA) is 42.0 Å². The number of nitrogens with one attached hydrogen (secondary N) is 1. The average Bonchev–Trinajstić information content (AvgIpc) is 2.41. The molecule has 1 amide bonds. The van der Waals surface area contributed by atoms with Crippen molar-refractivity contribution in [3.05, 3.63) is 22.3 Å². The molecule has 1 aliphatic rings. The Morgan fingerprint density at radius 2 is 2.16 bits per heavy atom. The average molecular weight is 325 g/mol. The van der Waals surface area contributed by atoms with Crippen LogP contribution in [0.4, 0.5) is 5.82 Å². The van der Waals surface area contributed by atoms with Gasteiger partial charge in [-0.05, 0) is 46.8 Å². The van der Waals surface area contributed by atoms with Gasteiger partial charge in [-0.1, -0.05) is 32.1 Å². The van der Waals surface area contributed by atoms with Crippen molar-refractivity contribution in [2.45, 2.75) is 51.9 Å². The van der Waals surface area contributed by atoms with E-state index in [1.54, 1.807) is 6.20 Å². The van der Waals surface area contributed by atoms with Crippen molar-refractivity contribution in [2.75, 3.05) is 5.32 Å². The number of carbonyl (C=O) groups is 1. The number of carbonyl (C=O) groups excluding carboxylic acids is 1. The molecule has 0 atom stereocenters. The number of anilines is 1. The summed E-state index contributed by atoms with van der Waals surface area (Å²) in [5.74, 6) is 1.51. The quantitative estimate of drug-likeness (QED) is 0.888. The van der Waals surface area contributed by atoms with Gasteiger partial charge < -0.3 is 5.32 Å². The van der Waals surface area contributed by atoms with Gasteiger partial charge in [0.15, 0.2) is 0 Å². The molecule has 19 heavy (non-hydrogen) atoms. The minimum atomic E-state index is 0.0866. The minimum Gasteiger partial charge on any atom is -0.310 e. The molecule has 1 aliphatic carbocycles. The number of rotatable bonds is 4. The number of hydrogen-bond donors (Lipinski definition) is 1. The Labute approximate surface area is 123 Å². The lowest BCUT2D eigenvalue weighted by molar-refractivity contribution is -0.116. The van der Waals surface area contributed by atoms with E-state index in [0.717, 1.165) is 22.4 Å². The summed E-state index contributed by atoms with van der Waals surface area (Å²) >= 11 is 3.37. The van der Waals surface area contributed by atoms with Crippen LogP contribution < -0.4 is 5.32 Å². The predicted molar refractivity (Wildman–Crippen MR) is 81.1 cm³/mol. The van der Waals surface area contributed by atoms with Crippen LogP contribution >= 0.6 is 15.9 Å². The van der Waals surface area contributed by atoms with Gasteiger partial charge in [0.25, 0.3) is 0 Å². The maximum Gasteiger partial charge on any atom is 0.225 e. The van der Waals surface area contributed by atoms with E-state index in [1.807, 2.05) is 13.0 Å². The first-order valence-electron chi connectivity index (χ1n) is 7.07. The summed E-state index contributed by atoms with van der Waals surface area (Å²) in [6, 6.07) is 1.96. The van der Waals surface area contributed by atoms with E-state index in [9.17, 15) is 4.79 Å². The molecule has 0 radical (unpaired) electrons.